The van der Waals surface area contributed by atoms with E-state index in [1.807, 2.05) is 53.2 Å². The van der Waals surface area contributed by atoms with Crippen LogP contribution in [-0.4, -0.2) is 34.1 Å². The van der Waals surface area contributed by atoms with Crippen LogP contribution in [0.5, 0.6) is 17.2 Å². The number of para-hydroxylation sites is 1. The first-order valence-corrected chi connectivity index (χ1v) is 11.4. The van der Waals surface area contributed by atoms with Gasteiger partial charge in [0.05, 0.1) is 36.7 Å². The van der Waals surface area contributed by atoms with Crippen molar-refractivity contribution in [3.8, 4) is 34.2 Å². The van der Waals surface area contributed by atoms with E-state index in [2.05, 4.69) is 22.9 Å². The third-order valence-corrected chi connectivity index (χ3v) is 6.24. The zero-order chi connectivity index (χ0) is 23.1. The van der Waals surface area contributed by atoms with Crippen LogP contribution in [0.1, 0.15) is 12.6 Å². The molecular weight excluding hydrogens is 482 g/mol. The number of phenols is 1. The minimum absolute atomic E-state index is 0.141. The van der Waals surface area contributed by atoms with Gasteiger partial charge in [0.25, 0.3) is 0 Å². The number of aromatic hydroxyl groups is 1. The quantitative estimate of drug-likeness (QED) is 0.305. The maximum absolute atomic E-state index is 10.7. The summed E-state index contributed by atoms with van der Waals surface area (Å²) in [7, 11) is 3.23. The Morgan fingerprint density at radius 2 is 1.64 bits per heavy atom. The van der Waals surface area contributed by atoms with Gasteiger partial charge in [0.2, 0.25) is 0 Å². The number of hydrogen-bond acceptors (Lipinski definition) is 5. The number of hydrogen-bond donors (Lipinski definition) is 1. The van der Waals surface area contributed by atoms with Crippen molar-refractivity contribution in [1.29, 1.82) is 0 Å². The Balaban J connectivity index is 1.99. The first-order chi connectivity index (χ1) is 16.0. The lowest BCUT2D eigenvalue weighted by Crippen LogP contribution is -1.99. The maximum Gasteiger partial charge on any atom is 0.164 e. The Kier molecular flexibility index (Phi) is 5.42. The Morgan fingerprint density at radius 3 is 2.30 bits per heavy atom. The number of fused-ring (bicyclic) bond motifs is 3. The van der Waals surface area contributed by atoms with Crippen molar-refractivity contribution in [2.24, 2.45) is 0 Å². The minimum Gasteiger partial charge on any atom is -0.507 e. The molecule has 0 aliphatic carbocycles. The molecule has 0 atom stereocenters. The molecule has 2 heterocycles. The molecule has 7 heteroatoms. The van der Waals surface area contributed by atoms with Gasteiger partial charge < -0.3 is 14.6 Å². The zero-order valence-electron chi connectivity index (χ0n) is 18.5. The monoisotopic (exact) mass is 503 g/mol. The summed E-state index contributed by atoms with van der Waals surface area (Å²) in [5, 5.41) is 18.4. The predicted octanol–water partition coefficient (Wildman–Crippen LogP) is 6.29. The van der Waals surface area contributed by atoms with E-state index in [4.69, 9.17) is 19.6 Å². The van der Waals surface area contributed by atoms with Gasteiger partial charge in [0.15, 0.2) is 17.1 Å². The highest BCUT2D eigenvalue weighted by Gasteiger charge is 2.22. The number of pyridine rings is 1. The Morgan fingerprint density at radius 1 is 0.939 bits per heavy atom. The number of halogens is 1. The standard InChI is InChI=1S/C26H22BrN3O3/c1-4-20-24-17-13-22(32-2)23(33-3)14-18(17)25(19-12-15(27)10-11-21(19)31)28-26(24)30(29-20)16-8-6-5-7-9-16/h5-14,31H,4H2,1-3H3. The predicted molar refractivity (Wildman–Crippen MR) is 134 cm³/mol. The van der Waals surface area contributed by atoms with Gasteiger partial charge in [-0.2, -0.15) is 5.10 Å². The van der Waals surface area contributed by atoms with Gasteiger partial charge in [-0.1, -0.05) is 41.1 Å². The fourth-order valence-electron chi connectivity index (χ4n) is 4.18. The van der Waals surface area contributed by atoms with E-state index in [1.54, 1.807) is 26.4 Å². The molecule has 2 aromatic heterocycles. The highest BCUT2D eigenvalue weighted by Crippen LogP contribution is 2.43. The third-order valence-electron chi connectivity index (χ3n) is 5.75. The van der Waals surface area contributed by atoms with Crippen molar-refractivity contribution in [3.05, 3.63) is 70.8 Å². The number of nitrogens with zero attached hydrogens (tertiary/aromatic N) is 3. The summed E-state index contributed by atoms with van der Waals surface area (Å²) >= 11 is 3.52. The Hall–Kier alpha value is -3.58. The van der Waals surface area contributed by atoms with Crippen LogP contribution >= 0.6 is 15.9 Å². The molecule has 0 aliphatic rings. The van der Waals surface area contributed by atoms with E-state index in [-0.39, 0.29) is 5.75 Å². The van der Waals surface area contributed by atoms with Crippen molar-refractivity contribution in [3.63, 3.8) is 0 Å². The molecule has 5 aromatic rings. The molecule has 0 bridgehead atoms. The molecule has 0 unspecified atom stereocenters. The number of aromatic nitrogens is 3. The molecule has 0 aliphatic heterocycles. The normalized spacial score (nSPS) is 11.3. The van der Waals surface area contributed by atoms with Gasteiger partial charge in [-0.3, -0.25) is 0 Å². The van der Waals surface area contributed by atoms with E-state index < -0.39 is 0 Å². The highest BCUT2D eigenvalue weighted by molar-refractivity contribution is 9.10. The summed E-state index contributed by atoms with van der Waals surface area (Å²) in [6.07, 6.45) is 0.739. The molecule has 3 aromatic carbocycles. The zero-order valence-corrected chi connectivity index (χ0v) is 20.0. The SMILES string of the molecule is CCc1nn(-c2ccccc2)c2nc(-c3cc(Br)ccc3O)c3cc(OC)c(OC)cc3c12. The lowest BCUT2D eigenvalue weighted by atomic mass is 9.99. The summed E-state index contributed by atoms with van der Waals surface area (Å²) in [5.41, 5.74) is 3.81. The molecule has 33 heavy (non-hydrogen) atoms. The first-order valence-electron chi connectivity index (χ1n) is 10.6. The Bertz CT molecular complexity index is 1500. The smallest absolute Gasteiger partial charge is 0.164 e. The number of ether oxygens (including phenoxy) is 2. The average molecular weight is 504 g/mol. The molecule has 0 amide bonds. The lowest BCUT2D eigenvalue weighted by Gasteiger charge is -2.14. The summed E-state index contributed by atoms with van der Waals surface area (Å²) in [4.78, 5) is 5.07. The number of rotatable bonds is 5. The second-order valence-corrected chi connectivity index (χ2v) is 8.54. The van der Waals surface area contributed by atoms with Crippen LogP contribution in [0.15, 0.2) is 65.1 Å². The fraction of sp³-hybridized carbons (Fsp3) is 0.154. The van der Waals surface area contributed by atoms with E-state index in [1.165, 1.54) is 0 Å². The van der Waals surface area contributed by atoms with Crippen LogP contribution in [0.25, 0.3) is 38.8 Å². The molecule has 166 valence electrons. The van der Waals surface area contributed by atoms with Crippen LogP contribution in [0.3, 0.4) is 0 Å². The maximum atomic E-state index is 10.7. The number of benzene rings is 3. The summed E-state index contributed by atoms with van der Waals surface area (Å²) in [6.45, 7) is 2.08. The van der Waals surface area contributed by atoms with Crippen LogP contribution in [0, 0.1) is 0 Å². The van der Waals surface area contributed by atoms with Crippen molar-refractivity contribution in [2.75, 3.05) is 14.2 Å². The fourth-order valence-corrected chi connectivity index (χ4v) is 4.54. The number of aryl methyl sites for hydroxylation is 1. The van der Waals surface area contributed by atoms with Gasteiger partial charge in [-0.15, -0.1) is 0 Å². The van der Waals surface area contributed by atoms with Crippen molar-refractivity contribution >= 4 is 37.7 Å². The van der Waals surface area contributed by atoms with E-state index in [9.17, 15) is 5.11 Å². The lowest BCUT2D eigenvalue weighted by molar-refractivity contribution is 0.356. The molecule has 0 saturated heterocycles. The molecule has 5 rings (SSSR count). The second-order valence-electron chi connectivity index (χ2n) is 7.62. The topological polar surface area (TPSA) is 69.4 Å². The number of methoxy groups -OCH3 is 2. The van der Waals surface area contributed by atoms with E-state index in [0.717, 1.165) is 38.4 Å². The summed E-state index contributed by atoms with van der Waals surface area (Å²) in [5.74, 6) is 1.36. The van der Waals surface area contributed by atoms with Crippen LogP contribution < -0.4 is 9.47 Å². The van der Waals surface area contributed by atoms with E-state index >= 15 is 0 Å². The van der Waals surface area contributed by atoms with Crippen molar-refractivity contribution < 1.29 is 14.6 Å². The van der Waals surface area contributed by atoms with Crippen molar-refractivity contribution in [2.45, 2.75) is 13.3 Å². The molecule has 0 radical (unpaired) electrons. The Labute approximate surface area is 199 Å². The minimum atomic E-state index is 0.141. The molecule has 0 fully saturated rings. The first kappa shape index (κ1) is 21.3. The largest absolute Gasteiger partial charge is 0.507 e. The number of phenolic OH excluding ortho intramolecular Hbond substituents is 1. The molecule has 0 spiro atoms. The van der Waals surface area contributed by atoms with E-state index in [0.29, 0.717) is 28.4 Å². The van der Waals surface area contributed by atoms with Gasteiger partial charge in [0.1, 0.15) is 5.75 Å². The van der Waals surface area contributed by atoms with Crippen LogP contribution in [0.2, 0.25) is 0 Å². The molecular formula is C26H22BrN3O3. The highest BCUT2D eigenvalue weighted by atomic mass is 79.9. The van der Waals surface area contributed by atoms with Gasteiger partial charge >= 0.3 is 0 Å². The van der Waals surface area contributed by atoms with Crippen molar-refractivity contribution in [1.82, 2.24) is 14.8 Å². The molecule has 1 N–H and O–H groups in total. The van der Waals surface area contributed by atoms with Gasteiger partial charge in [-0.25, -0.2) is 9.67 Å². The second kappa shape index (κ2) is 8.41. The molecule has 6 nitrogen and oxygen atoms in total. The van der Waals surface area contributed by atoms with Gasteiger partial charge in [-0.05, 0) is 48.9 Å². The summed E-state index contributed by atoms with van der Waals surface area (Å²) < 4.78 is 13.9. The molecule has 0 saturated carbocycles. The van der Waals surface area contributed by atoms with Gasteiger partial charge in [0, 0.05) is 20.8 Å². The summed E-state index contributed by atoms with van der Waals surface area (Å²) in [6, 6.07) is 19.1. The third kappa shape index (κ3) is 3.49. The average Bonchev–Trinajstić information content (AvgIpc) is 3.23. The van der Waals surface area contributed by atoms with Crippen LogP contribution in [0.4, 0.5) is 0 Å². The van der Waals surface area contributed by atoms with Crippen LogP contribution in [-0.2, 0) is 6.42 Å².